The molecule has 0 unspecified atom stereocenters. The van der Waals surface area contributed by atoms with Crippen molar-refractivity contribution >= 4 is 0 Å². The summed E-state index contributed by atoms with van der Waals surface area (Å²) in [5, 5.41) is 17.7. The molecule has 0 radical (unpaired) electrons. The zero-order chi connectivity index (χ0) is 8.48. The molecular formula is C7H8O2. The second-order valence-electron chi connectivity index (χ2n) is 1.66. The lowest BCUT2D eigenvalue weighted by molar-refractivity contribution is 0.281. The first-order chi connectivity index (χ1) is 5.00. The van der Waals surface area contributed by atoms with Gasteiger partial charge in [0.1, 0.15) is 5.75 Å². The summed E-state index contributed by atoms with van der Waals surface area (Å²) in [6.07, 6.45) is 0. The molecule has 1 rings (SSSR count). The summed E-state index contributed by atoms with van der Waals surface area (Å²) in [7, 11) is 0. The van der Waals surface area contributed by atoms with Crippen molar-refractivity contribution in [1.82, 2.24) is 0 Å². The van der Waals surface area contributed by atoms with Crippen LogP contribution in [0.15, 0.2) is 24.3 Å². The Balaban J connectivity index is 3.06. The summed E-state index contributed by atoms with van der Waals surface area (Å²) < 4.78 is 13.8. The number of benzene rings is 1. The molecule has 1 aromatic carbocycles. The number of hydrogen-bond donors (Lipinski definition) is 2. The zero-order valence-electron chi connectivity index (χ0n) is 6.70. The van der Waals surface area contributed by atoms with Gasteiger partial charge in [-0.1, -0.05) is 12.1 Å². The highest BCUT2D eigenvalue weighted by Gasteiger charge is 1.88. The largest absolute Gasteiger partial charge is 0.508 e. The van der Waals surface area contributed by atoms with Crippen LogP contribution in [-0.2, 0) is 6.56 Å². The first kappa shape index (κ1) is 3.90. The van der Waals surface area contributed by atoms with Gasteiger partial charge < -0.3 is 10.2 Å². The van der Waals surface area contributed by atoms with E-state index in [1.165, 1.54) is 24.3 Å². The van der Waals surface area contributed by atoms with Gasteiger partial charge in [0.15, 0.2) is 0 Å². The van der Waals surface area contributed by atoms with Crippen LogP contribution in [0.1, 0.15) is 8.30 Å². The van der Waals surface area contributed by atoms with Gasteiger partial charge in [0.2, 0.25) is 0 Å². The van der Waals surface area contributed by atoms with Gasteiger partial charge in [0.05, 0.1) is 9.30 Å². The van der Waals surface area contributed by atoms with Gasteiger partial charge in [-0.3, -0.25) is 0 Å². The third-order valence-electron chi connectivity index (χ3n) is 0.975. The van der Waals surface area contributed by atoms with Gasteiger partial charge in [-0.25, -0.2) is 0 Å². The van der Waals surface area contributed by atoms with E-state index >= 15 is 0 Å². The zero-order valence-corrected chi connectivity index (χ0v) is 4.70. The van der Waals surface area contributed by atoms with Crippen molar-refractivity contribution in [2.24, 2.45) is 0 Å². The van der Waals surface area contributed by atoms with Crippen molar-refractivity contribution in [1.29, 1.82) is 0 Å². The molecule has 0 aliphatic carbocycles. The Hall–Kier alpha value is -1.02. The van der Waals surface area contributed by atoms with Crippen molar-refractivity contribution in [2.75, 3.05) is 0 Å². The van der Waals surface area contributed by atoms with Gasteiger partial charge in [0, 0.05) is 0 Å². The Bertz CT molecular complexity index is 255. The van der Waals surface area contributed by atoms with E-state index in [0.29, 0.717) is 0 Å². The minimum Gasteiger partial charge on any atom is -0.508 e. The molecule has 9 heavy (non-hydrogen) atoms. The fourth-order valence-corrected chi connectivity index (χ4v) is 0.575. The Kier molecular flexibility index (Phi) is 1.09. The number of hydrogen-bond acceptors (Lipinski definition) is 2. The van der Waals surface area contributed by atoms with E-state index in [-0.39, 0.29) is 11.3 Å². The van der Waals surface area contributed by atoms with Gasteiger partial charge in [0.25, 0.3) is 0 Å². The van der Waals surface area contributed by atoms with Crippen LogP contribution in [0, 0.1) is 0 Å². The fourth-order valence-electron chi connectivity index (χ4n) is 0.575. The van der Waals surface area contributed by atoms with E-state index in [1.54, 1.807) is 0 Å². The maximum Gasteiger partial charge on any atom is 0.115 e. The monoisotopic (exact) mass is 126 g/mol. The lowest BCUT2D eigenvalue weighted by Gasteiger charge is -1.93. The van der Waals surface area contributed by atoms with Crippen LogP contribution in [0.5, 0.6) is 5.75 Å². The highest BCUT2D eigenvalue weighted by Crippen LogP contribution is 2.09. The average Bonchev–Trinajstić information content (AvgIpc) is 1.86. The molecule has 0 amide bonds. The molecule has 2 N–H and O–H groups in total. The minimum absolute atomic E-state index is 0.0532. The molecule has 0 heterocycles. The third kappa shape index (κ3) is 1.44. The second-order valence-corrected chi connectivity index (χ2v) is 1.66. The topological polar surface area (TPSA) is 40.5 Å². The molecule has 0 saturated carbocycles. The number of rotatable bonds is 1. The van der Waals surface area contributed by atoms with E-state index in [0.717, 1.165) is 0 Å². The maximum atomic E-state index is 8.90. The Morgan fingerprint density at radius 2 is 2.33 bits per heavy atom. The first-order valence-corrected chi connectivity index (χ1v) is 2.52. The van der Waals surface area contributed by atoms with Crippen LogP contribution >= 0.6 is 0 Å². The third-order valence-corrected chi connectivity index (χ3v) is 0.975. The normalized spacial score (nSPS) is 14.3. The van der Waals surface area contributed by atoms with E-state index in [2.05, 4.69) is 0 Å². The van der Waals surface area contributed by atoms with Gasteiger partial charge >= 0.3 is 0 Å². The van der Waals surface area contributed by atoms with Crippen LogP contribution < -0.4 is 0 Å². The molecule has 0 aromatic heterocycles. The van der Waals surface area contributed by atoms with E-state index in [4.69, 9.17) is 13.0 Å². The van der Waals surface area contributed by atoms with Crippen molar-refractivity contribution in [2.45, 2.75) is 6.56 Å². The lowest BCUT2D eigenvalue weighted by atomic mass is 10.2. The number of aliphatic hydroxyl groups is 1. The van der Waals surface area contributed by atoms with Crippen molar-refractivity contribution in [3.8, 4) is 5.75 Å². The highest BCUT2D eigenvalue weighted by molar-refractivity contribution is 5.26. The van der Waals surface area contributed by atoms with Crippen LogP contribution in [0.2, 0.25) is 0 Å². The minimum atomic E-state index is -2.38. The number of phenolic OH excluding ortho intramolecular Hbond substituents is 1. The average molecular weight is 126 g/mol. The molecule has 1 aromatic rings. The molecule has 0 spiro atoms. The lowest BCUT2D eigenvalue weighted by Crippen LogP contribution is -1.79. The first-order valence-electron chi connectivity index (χ1n) is 3.52. The number of phenols is 1. The van der Waals surface area contributed by atoms with Crippen molar-refractivity contribution in [3.05, 3.63) is 29.8 Å². The summed E-state index contributed by atoms with van der Waals surface area (Å²) in [4.78, 5) is 0. The van der Waals surface area contributed by atoms with Gasteiger partial charge in [-0.2, -0.15) is 0 Å². The van der Waals surface area contributed by atoms with E-state index < -0.39 is 6.56 Å². The molecule has 2 nitrogen and oxygen atoms in total. The van der Waals surface area contributed by atoms with Crippen LogP contribution in [0.4, 0.5) is 0 Å². The quantitative estimate of drug-likeness (QED) is 0.586. The maximum absolute atomic E-state index is 8.90. The summed E-state index contributed by atoms with van der Waals surface area (Å²) in [6.45, 7) is -2.38. The molecular weight excluding hydrogens is 116 g/mol. The summed E-state index contributed by atoms with van der Waals surface area (Å²) in [5.41, 5.74) is 0.0532. The highest BCUT2D eigenvalue weighted by atomic mass is 16.3. The Morgan fingerprint density at radius 3 is 2.78 bits per heavy atom. The SMILES string of the molecule is [2H]C([2H])(O)c1cccc(O)c1. The van der Waals surface area contributed by atoms with Crippen molar-refractivity contribution in [3.63, 3.8) is 0 Å². The van der Waals surface area contributed by atoms with Crippen LogP contribution in [0.25, 0.3) is 0 Å². The van der Waals surface area contributed by atoms with Crippen LogP contribution in [0.3, 0.4) is 0 Å². The summed E-state index contributed by atoms with van der Waals surface area (Å²) in [6, 6.07) is 5.47. The van der Waals surface area contributed by atoms with E-state index in [1.807, 2.05) is 0 Å². The molecule has 2 heteroatoms. The standard InChI is InChI=1S/C7H8O2/c8-5-6-2-1-3-7(9)4-6/h1-4,8-9H,5H2/i5D2. The predicted molar refractivity (Wildman–Crippen MR) is 34.0 cm³/mol. The van der Waals surface area contributed by atoms with Gasteiger partial charge in [-0.05, 0) is 17.7 Å². The molecule has 0 aliphatic rings. The predicted octanol–water partition coefficient (Wildman–Crippen LogP) is 0.884. The molecule has 0 atom stereocenters. The molecule has 48 valence electrons. The van der Waals surface area contributed by atoms with Crippen molar-refractivity contribution < 1.29 is 13.0 Å². The molecule has 0 fully saturated rings. The Labute approximate surface area is 56.2 Å². The fraction of sp³-hybridized carbons (Fsp3) is 0.143. The Morgan fingerprint density at radius 1 is 1.56 bits per heavy atom. The molecule has 0 saturated heterocycles. The number of aromatic hydroxyl groups is 1. The second kappa shape index (κ2) is 2.51. The van der Waals surface area contributed by atoms with Gasteiger partial charge in [-0.15, -0.1) is 0 Å². The molecule has 0 bridgehead atoms. The smallest absolute Gasteiger partial charge is 0.115 e. The van der Waals surface area contributed by atoms with Crippen LogP contribution in [-0.4, -0.2) is 10.2 Å². The van der Waals surface area contributed by atoms with E-state index in [9.17, 15) is 0 Å². The summed E-state index contributed by atoms with van der Waals surface area (Å²) >= 11 is 0. The summed E-state index contributed by atoms with van der Waals surface area (Å²) in [5.74, 6) is -0.0552. The molecule has 0 aliphatic heterocycles.